The lowest BCUT2D eigenvalue weighted by atomic mass is 10.2. The Balaban J connectivity index is 1.93. The van der Waals surface area contributed by atoms with E-state index < -0.39 is 0 Å². The molecule has 6 heteroatoms. The third-order valence-electron chi connectivity index (χ3n) is 3.88. The van der Waals surface area contributed by atoms with E-state index in [1.807, 2.05) is 45.0 Å². The van der Waals surface area contributed by atoms with E-state index in [9.17, 15) is 9.18 Å². The Labute approximate surface area is 160 Å². The van der Waals surface area contributed by atoms with Crippen molar-refractivity contribution in [1.29, 1.82) is 0 Å². The molecule has 0 spiro atoms. The van der Waals surface area contributed by atoms with Gasteiger partial charge in [-0.1, -0.05) is 38.1 Å². The first-order valence-electron chi connectivity index (χ1n) is 9.14. The zero-order valence-electron chi connectivity index (χ0n) is 16.1. The molecule has 0 unspecified atom stereocenters. The molecule has 27 heavy (non-hydrogen) atoms. The van der Waals surface area contributed by atoms with Crippen molar-refractivity contribution in [3.8, 4) is 0 Å². The number of aliphatic imine (C=N–C) groups is 1. The van der Waals surface area contributed by atoms with E-state index in [-0.39, 0.29) is 17.6 Å². The van der Waals surface area contributed by atoms with Gasteiger partial charge in [-0.3, -0.25) is 4.79 Å². The largest absolute Gasteiger partial charge is 0.357 e. The van der Waals surface area contributed by atoms with Crippen LogP contribution in [0.3, 0.4) is 0 Å². The van der Waals surface area contributed by atoms with Crippen molar-refractivity contribution in [1.82, 2.24) is 10.6 Å². The monoisotopic (exact) mass is 370 g/mol. The van der Waals surface area contributed by atoms with Crippen LogP contribution in [-0.2, 0) is 17.9 Å². The highest BCUT2D eigenvalue weighted by Gasteiger charge is 2.06. The number of guanidine groups is 1. The predicted molar refractivity (Wildman–Crippen MR) is 108 cm³/mol. The third kappa shape index (κ3) is 7.09. The normalized spacial score (nSPS) is 11.4. The van der Waals surface area contributed by atoms with Gasteiger partial charge in [0.25, 0.3) is 0 Å². The van der Waals surface area contributed by atoms with Crippen LogP contribution in [0.15, 0.2) is 53.5 Å². The lowest BCUT2D eigenvalue weighted by Gasteiger charge is -2.12. The van der Waals surface area contributed by atoms with E-state index in [1.54, 1.807) is 12.1 Å². The van der Waals surface area contributed by atoms with Gasteiger partial charge in [0.1, 0.15) is 5.82 Å². The van der Waals surface area contributed by atoms with Crippen LogP contribution in [0.4, 0.5) is 10.1 Å². The van der Waals surface area contributed by atoms with Gasteiger partial charge in [0.05, 0.1) is 6.54 Å². The first-order valence-corrected chi connectivity index (χ1v) is 9.14. The summed E-state index contributed by atoms with van der Waals surface area (Å²) >= 11 is 0. The fourth-order valence-electron chi connectivity index (χ4n) is 2.28. The molecule has 0 fully saturated rings. The number of benzene rings is 2. The second-order valence-corrected chi connectivity index (χ2v) is 6.52. The summed E-state index contributed by atoms with van der Waals surface area (Å²) < 4.78 is 13.0. The summed E-state index contributed by atoms with van der Waals surface area (Å²) in [4.78, 5) is 16.3. The molecule has 2 rings (SSSR count). The van der Waals surface area contributed by atoms with Gasteiger partial charge in [-0.2, -0.15) is 0 Å². The highest BCUT2D eigenvalue weighted by atomic mass is 19.1. The molecule has 0 saturated heterocycles. The van der Waals surface area contributed by atoms with Crippen LogP contribution in [0, 0.1) is 11.7 Å². The van der Waals surface area contributed by atoms with Crippen molar-refractivity contribution < 1.29 is 9.18 Å². The van der Waals surface area contributed by atoms with E-state index >= 15 is 0 Å². The SMILES string of the molecule is CCNC(=NCc1ccc(NC(=O)C(C)C)cc1)NCc1ccc(F)cc1. The van der Waals surface area contributed by atoms with Gasteiger partial charge in [-0.05, 0) is 42.3 Å². The van der Waals surface area contributed by atoms with Crippen LogP contribution in [-0.4, -0.2) is 18.4 Å². The highest BCUT2D eigenvalue weighted by Crippen LogP contribution is 2.11. The molecular weight excluding hydrogens is 343 g/mol. The van der Waals surface area contributed by atoms with Crippen LogP contribution in [0.5, 0.6) is 0 Å². The molecular formula is C21H27FN4O. The Morgan fingerprint density at radius 1 is 1.00 bits per heavy atom. The number of hydrogen-bond donors (Lipinski definition) is 3. The molecule has 2 aromatic carbocycles. The molecule has 3 N–H and O–H groups in total. The highest BCUT2D eigenvalue weighted by molar-refractivity contribution is 5.92. The Kier molecular flexibility index (Phi) is 7.79. The Morgan fingerprint density at radius 2 is 1.63 bits per heavy atom. The molecule has 0 heterocycles. The first kappa shape index (κ1) is 20.4. The number of anilines is 1. The number of rotatable bonds is 7. The molecule has 0 aromatic heterocycles. The molecule has 0 radical (unpaired) electrons. The summed E-state index contributed by atoms with van der Waals surface area (Å²) in [5.41, 5.74) is 2.80. The summed E-state index contributed by atoms with van der Waals surface area (Å²) in [5.74, 6) is 0.399. The number of carbonyl (C=O) groups is 1. The molecule has 144 valence electrons. The van der Waals surface area contributed by atoms with E-state index in [0.29, 0.717) is 19.0 Å². The molecule has 0 atom stereocenters. The number of carbonyl (C=O) groups excluding carboxylic acids is 1. The number of hydrogen-bond acceptors (Lipinski definition) is 2. The quantitative estimate of drug-likeness (QED) is 0.515. The van der Waals surface area contributed by atoms with Crippen molar-refractivity contribution in [3.05, 3.63) is 65.5 Å². The minimum Gasteiger partial charge on any atom is -0.357 e. The molecule has 0 saturated carbocycles. The maximum atomic E-state index is 13.0. The van der Waals surface area contributed by atoms with Gasteiger partial charge in [0.2, 0.25) is 5.91 Å². The lowest BCUT2D eigenvalue weighted by Crippen LogP contribution is -2.36. The van der Waals surface area contributed by atoms with Crippen LogP contribution >= 0.6 is 0 Å². The van der Waals surface area contributed by atoms with Gasteiger partial charge in [0.15, 0.2) is 5.96 Å². The number of nitrogens with one attached hydrogen (secondary N) is 3. The first-order chi connectivity index (χ1) is 13.0. The van der Waals surface area contributed by atoms with Gasteiger partial charge >= 0.3 is 0 Å². The van der Waals surface area contributed by atoms with Gasteiger partial charge in [0, 0.05) is 24.7 Å². The average molecular weight is 370 g/mol. The topological polar surface area (TPSA) is 65.5 Å². The average Bonchev–Trinajstić information content (AvgIpc) is 2.66. The summed E-state index contributed by atoms with van der Waals surface area (Å²) in [7, 11) is 0. The van der Waals surface area contributed by atoms with Gasteiger partial charge in [-0.15, -0.1) is 0 Å². The van der Waals surface area contributed by atoms with Gasteiger partial charge in [-0.25, -0.2) is 9.38 Å². The summed E-state index contributed by atoms with van der Waals surface area (Å²) in [6, 6.07) is 14.0. The maximum Gasteiger partial charge on any atom is 0.226 e. The minimum atomic E-state index is -0.243. The zero-order chi connectivity index (χ0) is 19.6. The maximum absolute atomic E-state index is 13.0. The fourth-order valence-corrected chi connectivity index (χ4v) is 2.28. The molecule has 0 aliphatic heterocycles. The molecule has 0 bridgehead atoms. The summed E-state index contributed by atoms with van der Waals surface area (Å²) in [6.07, 6.45) is 0. The van der Waals surface area contributed by atoms with Crippen molar-refractivity contribution in [3.63, 3.8) is 0 Å². The zero-order valence-corrected chi connectivity index (χ0v) is 16.1. The molecule has 5 nitrogen and oxygen atoms in total. The second kappa shape index (κ2) is 10.3. The number of amides is 1. The van der Waals surface area contributed by atoms with E-state index in [2.05, 4.69) is 20.9 Å². The van der Waals surface area contributed by atoms with Crippen molar-refractivity contribution >= 4 is 17.6 Å². The molecule has 2 aromatic rings. The van der Waals surface area contributed by atoms with Crippen LogP contribution in [0.2, 0.25) is 0 Å². The van der Waals surface area contributed by atoms with Crippen LogP contribution in [0.1, 0.15) is 31.9 Å². The van der Waals surface area contributed by atoms with Crippen LogP contribution < -0.4 is 16.0 Å². The number of nitrogens with zero attached hydrogens (tertiary/aromatic N) is 1. The van der Waals surface area contributed by atoms with Crippen LogP contribution in [0.25, 0.3) is 0 Å². The standard InChI is InChI=1S/C21H27FN4O/c1-4-23-21(24-13-16-5-9-18(22)10-6-16)25-14-17-7-11-19(12-8-17)26-20(27)15(2)3/h5-12,15H,4,13-14H2,1-3H3,(H,26,27)(H2,23,24,25). The smallest absolute Gasteiger partial charge is 0.226 e. The van der Waals surface area contributed by atoms with Crippen molar-refractivity contribution in [2.75, 3.05) is 11.9 Å². The Hall–Kier alpha value is -2.89. The molecule has 1 amide bonds. The molecule has 0 aliphatic rings. The van der Waals surface area contributed by atoms with E-state index in [1.165, 1.54) is 12.1 Å². The Bertz CT molecular complexity index is 755. The summed E-state index contributed by atoms with van der Waals surface area (Å²) in [5, 5.41) is 9.30. The minimum absolute atomic E-state index is 0.000182. The van der Waals surface area contributed by atoms with E-state index in [0.717, 1.165) is 23.4 Å². The summed E-state index contributed by atoms with van der Waals surface area (Å²) in [6.45, 7) is 7.54. The number of halogens is 1. The van der Waals surface area contributed by atoms with E-state index in [4.69, 9.17) is 0 Å². The predicted octanol–water partition coefficient (Wildman–Crippen LogP) is 3.68. The Morgan fingerprint density at radius 3 is 2.22 bits per heavy atom. The second-order valence-electron chi connectivity index (χ2n) is 6.52. The fraction of sp³-hybridized carbons (Fsp3) is 0.333. The van der Waals surface area contributed by atoms with Gasteiger partial charge < -0.3 is 16.0 Å². The van der Waals surface area contributed by atoms with Crippen molar-refractivity contribution in [2.45, 2.75) is 33.9 Å². The third-order valence-corrected chi connectivity index (χ3v) is 3.88. The molecule has 0 aliphatic carbocycles. The van der Waals surface area contributed by atoms with Crippen molar-refractivity contribution in [2.24, 2.45) is 10.9 Å². The lowest BCUT2D eigenvalue weighted by molar-refractivity contribution is -0.118.